The Labute approximate surface area is 126 Å². The van der Waals surface area contributed by atoms with E-state index in [0.29, 0.717) is 24.4 Å². The van der Waals surface area contributed by atoms with Gasteiger partial charge in [-0.05, 0) is 25.8 Å². The van der Waals surface area contributed by atoms with E-state index in [9.17, 15) is 4.79 Å². The highest BCUT2D eigenvalue weighted by Gasteiger charge is 2.24. The molecule has 0 aliphatic carbocycles. The predicted molar refractivity (Wildman–Crippen MR) is 79.6 cm³/mol. The monoisotopic (exact) mass is 294 g/mol. The van der Waals surface area contributed by atoms with E-state index >= 15 is 0 Å². The Hall–Kier alpha value is -1.43. The SMILES string of the molecule is CC(=O)N1CCC(N(C)Cc2nc(CC(C)C)no2)CC1. The zero-order valence-corrected chi connectivity index (χ0v) is 13.5. The lowest BCUT2D eigenvalue weighted by atomic mass is 10.0. The van der Waals surface area contributed by atoms with Crippen molar-refractivity contribution in [1.82, 2.24) is 19.9 Å². The smallest absolute Gasteiger partial charge is 0.240 e. The Morgan fingerprint density at radius 2 is 2.10 bits per heavy atom. The Bertz CT molecular complexity index is 464. The molecule has 1 aliphatic rings. The standard InChI is InChI=1S/C15H26N4O2/c1-11(2)9-14-16-15(21-17-14)10-18(4)13-5-7-19(8-6-13)12(3)20/h11,13H,5-10H2,1-4H3. The van der Waals surface area contributed by atoms with Gasteiger partial charge in [0.25, 0.3) is 0 Å². The minimum Gasteiger partial charge on any atom is -0.343 e. The summed E-state index contributed by atoms with van der Waals surface area (Å²) in [6.45, 7) is 8.28. The molecule has 6 heteroatoms. The molecule has 1 aliphatic heterocycles. The summed E-state index contributed by atoms with van der Waals surface area (Å²) in [5.74, 6) is 2.18. The third-order valence-corrected chi connectivity index (χ3v) is 4.02. The van der Waals surface area contributed by atoms with E-state index < -0.39 is 0 Å². The number of aromatic nitrogens is 2. The number of hydrogen-bond acceptors (Lipinski definition) is 5. The molecule has 0 bridgehead atoms. The van der Waals surface area contributed by atoms with E-state index in [-0.39, 0.29) is 5.91 Å². The summed E-state index contributed by atoms with van der Waals surface area (Å²) in [6, 6.07) is 0.473. The fourth-order valence-corrected chi connectivity index (χ4v) is 2.77. The molecular weight excluding hydrogens is 268 g/mol. The third kappa shape index (κ3) is 4.52. The second kappa shape index (κ2) is 7.02. The number of likely N-dealkylation sites (tertiary alicyclic amines) is 1. The number of hydrogen-bond donors (Lipinski definition) is 0. The minimum absolute atomic E-state index is 0.173. The summed E-state index contributed by atoms with van der Waals surface area (Å²) in [5.41, 5.74) is 0. The van der Waals surface area contributed by atoms with Crippen LogP contribution in [0.3, 0.4) is 0 Å². The van der Waals surface area contributed by atoms with Crippen molar-refractivity contribution in [2.75, 3.05) is 20.1 Å². The lowest BCUT2D eigenvalue weighted by Gasteiger charge is -2.35. The number of carbonyl (C=O) groups excluding carboxylic acids is 1. The molecule has 0 unspecified atom stereocenters. The molecule has 0 radical (unpaired) electrons. The summed E-state index contributed by atoms with van der Waals surface area (Å²) in [4.78, 5) is 19.9. The summed E-state index contributed by atoms with van der Waals surface area (Å²) in [6.07, 6.45) is 2.86. The largest absolute Gasteiger partial charge is 0.343 e. The maximum Gasteiger partial charge on any atom is 0.240 e. The molecule has 0 N–H and O–H groups in total. The third-order valence-electron chi connectivity index (χ3n) is 4.02. The zero-order chi connectivity index (χ0) is 15.4. The van der Waals surface area contributed by atoms with Crippen LogP contribution in [0.5, 0.6) is 0 Å². The van der Waals surface area contributed by atoms with Crippen molar-refractivity contribution in [3.05, 3.63) is 11.7 Å². The second-order valence-corrected chi connectivity index (χ2v) is 6.35. The van der Waals surface area contributed by atoms with Gasteiger partial charge in [0.15, 0.2) is 5.82 Å². The van der Waals surface area contributed by atoms with Crippen LogP contribution in [-0.2, 0) is 17.8 Å². The highest BCUT2D eigenvalue weighted by atomic mass is 16.5. The van der Waals surface area contributed by atoms with Gasteiger partial charge < -0.3 is 9.42 Å². The first-order valence-electron chi connectivity index (χ1n) is 7.73. The quantitative estimate of drug-likeness (QED) is 0.827. The average Bonchev–Trinajstić information content (AvgIpc) is 2.85. The molecule has 1 aromatic rings. The van der Waals surface area contributed by atoms with E-state index in [0.717, 1.165) is 38.2 Å². The molecule has 1 aromatic heterocycles. The summed E-state index contributed by atoms with van der Waals surface area (Å²) in [5, 5.41) is 4.02. The van der Waals surface area contributed by atoms with Gasteiger partial charge in [-0.15, -0.1) is 0 Å². The van der Waals surface area contributed by atoms with Gasteiger partial charge in [0.2, 0.25) is 11.8 Å². The molecule has 2 rings (SSSR count). The first-order valence-corrected chi connectivity index (χ1v) is 7.73. The first-order chi connectivity index (χ1) is 9.95. The van der Waals surface area contributed by atoms with Gasteiger partial charge in [0.05, 0.1) is 6.54 Å². The lowest BCUT2D eigenvalue weighted by Crippen LogP contribution is -2.44. The van der Waals surface area contributed by atoms with Crippen molar-refractivity contribution in [2.45, 2.75) is 52.6 Å². The zero-order valence-electron chi connectivity index (χ0n) is 13.5. The fourth-order valence-electron chi connectivity index (χ4n) is 2.77. The van der Waals surface area contributed by atoms with Crippen molar-refractivity contribution in [2.24, 2.45) is 5.92 Å². The molecule has 118 valence electrons. The van der Waals surface area contributed by atoms with E-state index in [1.54, 1.807) is 6.92 Å². The normalized spacial score (nSPS) is 17.0. The maximum absolute atomic E-state index is 11.3. The van der Waals surface area contributed by atoms with Gasteiger partial charge in [-0.3, -0.25) is 9.69 Å². The van der Waals surface area contributed by atoms with Crippen molar-refractivity contribution in [1.29, 1.82) is 0 Å². The second-order valence-electron chi connectivity index (χ2n) is 6.35. The molecule has 2 heterocycles. The molecular formula is C15H26N4O2. The number of amides is 1. The number of carbonyl (C=O) groups is 1. The van der Waals surface area contributed by atoms with Crippen molar-refractivity contribution in [3.8, 4) is 0 Å². The van der Waals surface area contributed by atoms with Crippen LogP contribution in [0.4, 0.5) is 0 Å². The van der Waals surface area contributed by atoms with E-state index in [1.165, 1.54) is 0 Å². The summed E-state index contributed by atoms with van der Waals surface area (Å²) >= 11 is 0. The number of nitrogens with zero attached hydrogens (tertiary/aromatic N) is 4. The minimum atomic E-state index is 0.173. The Morgan fingerprint density at radius 1 is 1.43 bits per heavy atom. The van der Waals surface area contributed by atoms with Gasteiger partial charge in [-0.1, -0.05) is 19.0 Å². The molecule has 6 nitrogen and oxygen atoms in total. The van der Waals surface area contributed by atoms with Gasteiger partial charge in [-0.25, -0.2) is 0 Å². The molecule has 21 heavy (non-hydrogen) atoms. The van der Waals surface area contributed by atoms with Gasteiger partial charge >= 0.3 is 0 Å². The Balaban J connectivity index is 1.83. The molecule has 1 saturated heterocycles. The fraction of sp³-hybridized carbons (Fsp3) is 0.800. The molecule has 0 spiro atoms. The molecule has 0 atom stereocenters. The van der Waals surface area contributed by atoms with Crippen LogP contribution < -0.4 is 0 Å². The summed E-state index contributed by atoms with van der Waals surface area (Å²) < 4.78 is 5.32. The van der Waals surface area contributed by atoms with E-state index in [4.69, 9.17) is 4.52 Å². The van der Waals surface area contributed by atoms with Crippen LogP contribution >= 0.6 is 0 Å². The van der Waals surface area contributed by atoms with Gasteiger partial charge in [-0.2, -0.15) is 4.98 Å². The van der Waals surface area contributed by atoms with Crippen LogP contribution in [0.25, 0.3) is 0 Å². The molecule has 0 saturated carbocycles. The number of rotatable bonds is 5. The van der Waals surface area contributed by atoms with Crippen LogP contribution in [0, 0.1) is 5.92 Å². The Morgan fingerprint density at radius 3 is 2.67 bits per heavy atom. The molecule has 1 amide bonds. The van der Waals surface area contributed by atoms with Crippen molar-refractivity contribution in [3.63, 3.8) is 0 Å². The lowest BCUT2D eigenvalue weighted by molar-refractivity contribution is -0.130. The van der Waals surface area contributed by atoms with Crippen LogP contribution in [0.2, 0.25) is 0 Å². The summed E-state index contributed by atoms with van der Waals surface area (Å²) in [7, 11) is 2.08. The maximum atomic E-state index is 11.3. The van der Waals surface area contributed by atoms with Crippen LogP contribution in [0.15, 0.2) is 4.52 Å². The molecule has 1 fully saturated rings. The van der Waals surface area contributed by atoms with E-state index in [1.807, 2.05) is 4.90 Å². The van der Waals surface area contributed by atoms with Crippen molar-refractivity contribution >= 4 is 5.91 Å². The molecule has 0 aromatic carbocycles. The first kappa shape index (κ1) is 15.9. The topological polar surface area (TPSA) is 62.5 Å². The Kier molecular flexibility index (Phi) is 5.33. The van der Waals surface area contributed by atoms with Gasteiger partial charge in [0, 0.05) is 32.5 Å². The van der Waals surface area contributed by atoms with Gasteiger partial charge in [0.1, 0.15) is 0 Å². The predicted octanol–water partition coefficient (Wildman–Crippen LogP) is 1.71. The van der Waals surface area contributed by atoms with Crippen LogP contribution in [-0.4, -0.2) is 52.0 Å². The average molecular weight is 294 g/mol. The van der Waals surface area contributed by atoms with Crippen LogP contribution in [0.1, 0.15) is 45.3 Å². The highest BCUT2D eigenvalue weighted by molar-refractivity contribution is 5.73. The van der Waals surface area contributed by atoms with Crippen molar-refractivity contribution < 1.29 is 9.32 Å². The highest BCUT2D eigenvalue weighted by Crippen LogP contribution is 2.17. The van der Waals surface area contributed by atoms with E-state index in [2.05, 4.69) is 35.9 Å². The number of piperidine rings is 1.